The predicted molar refractivity (Wildman–Crippen MR) is 91.4 cm³/mol. The highest BCUT2D eigenvalue weighted by Gasteiger charge is 2.35. The minimum atomic E-state index is -2.50. The van der Waals surface area contributed by atoms with E-state index in [9.17, 15) is 8.78 Å². The third kappa shape index (κ3) is 2.92. The maximum Gasteiger partial charge on any atom is 0.248 e. The summed E-state index contributed by atoms with van der Waals surface area (Å²) >= 11 is 0. The molecule has 0 atom stereocenters. The van der Waals surface area contributed by atoms with Crippen LogP contribution in [0.3, 0.4) is 0 Å². The van der Waals surface area contributed by atoms with E-state index in [0.29, 0.717) is 12.8 Å². The summed E-state index contributed by atoms with van der Waals surface area (Å²) in [5.74, 6) is -2.24. The minimum absolute atomic E-state index is 0.0156. The van der Waals surface area contributed by atoms with E-state index in [-0.39, 0.29) is 18.8 Å². The monoisotopic (exact) mass is 345 g/mol. The lowest BCUT2D eigenvalue weighted by atomic mass is 9.82. The van der Waals surface area contributed by atoms with Crippen molar-refractivity contribution in [2.24, 2.45) is 13.0 Å². The molecule has 0 aromatic carbocycles. The van der Waals surface area contributed by atoms with Gasteiger partial charge in [0.25, 0.3) is 0 Å². The number of pyridine rings is 1. The molecule has 0 saturated heterocycles. The van der Waals surface area contributed by atoms with Crippen LogP contribution in [0.2, 0.25) is 0 Å². The van der Waals surface area contributed by atoms with Crippen molar-refractivity contribution in [2.45, 2.75) is 45.0 Å². The summed E-state index contributed by atoms with van der Waals surface area (Å²) in [5.41, 5.74) is 5.76. The molecule has 7 heteroatoms. The average Bonchev–Trinajstić information content (AvgIpc) is 3.17. The summed E-state index contributed by atoms with van der Waals surface area (Å²) in [6, 6.07) is 1.94. The largest absolute Gasteiger partial charge is 0.360 e. The first-order chi connectivity index (χ1) is 11.9. The fourth-order valence-corrected chi connectivity index (χ4v) is 3.90. The summed E-state index contributed by atoms with van der Waals surface area (Å²) in [5, 5.41) is 8.24. The molecule has 0 amide bonds. The summed E-state index contributed by atoms with van der Waals surface area (Å²) in [4.78, 5) is 7.81. The molecule has 0 bridgehead atoms. The molecule has 0 unspecified atom stereocenters. The van der Waals surface area contributed by atoms with Gasteiger partial charge >= 0.3 is 0 Å². The Hall–Kier alpha value is -2.31. The van der Waals surface area contributed by atoms with Crippen LogP contribution in [0.4, 0.5) is 8.78 Å². The summed E-state index contributed by atoms with van der Waals surface area (Å²) in [6.45, 7) is 1.92. The second-order valence-electron chi connectivity index (χ2n) is 7.04. The first kappa shape index (κ1) is 16.2. The molecular weight excluding hydrogens is 324 g/mol. The van der Waals surface area contributed by atoms with E-state index in [2.05, 4.69) is 20.3 Å². The summed E-state index contributed by atoms with van der Waals surface area (Å²) in [6.07, 6.45) is 5.56. The number of alkyl halides is 2. The molecule has 0 spiro atoms. The minimum Gasteiger partial charge on any atom is -0.360 e. The van der Waals surface area contributed by atoms with Crippen LogP contribution >= 0.6 is 0 Å². The Kier molecular flexibility index (Phi) is 3.81. The number of rotatable bonds is 3. The molecule has 3 aromatic rings. The van der Waals surface area contributed by atoms with Gasteiger partial charge in [0.05, 0.1) is 22.4 Å². The maximum absolute atomic E-state index is 13.5. The van der Waals surface area contributed by atoms with Gasteiger partial charge in [-0.3, -0.25) is 4.98 Å². The van der Waals surface area contributed by atoms with Gasteiger partial charge in [-0.2, -0.15) is 0 Å². The molecule has 4 rings (SSSR count). The van der Waals surface area contributed by atoms with Crippen LogP contribution in [0.5, 0.6) is 0 Å². The fraction of sp³-hybridized carbons (Fsp3) is 0.500. The summed E-state index contributed by atoms with van der Waals surface area (Å²) in [7, 11) is 1.86. The quantitative estimate of drug-likeness (QED) is 0.779. The number of H-pyrrole nitrogens is 1. The van der Waals surface area contributed by atoms with Gasteiger partial charge in [-0.05, 0) is 43.7 Å². The van der Waals surface area contributed by atoms with Crippen LogP contribution in [-0.2, 0) is 13.5 Å². The van der Waals surface area contributed by atoms with E-state index in [1.165, 1.54) is 0 Å². The summed E-state index contributed by atoms with van der Waals surface area (Å²) < 4.78 is 28.7. The number of fused-ring (bicyclic) bond motifs is 1. The smallest absolute Gasteiger partial charge is 0.248 e. The first-order valence-corrected chi connectivity index (χ1v) is 8.64. The Morgan fingerprint density at radius 2 is 2.08 bits per heavy atom. The zero-order valence-corrected chi connectivity index (χ0v) is 14.4. The first-order valence-electron chi connectivity index (χ1n) is 8.64. The van der Waals surface area contributed by atoms with Crippen LogP contribution in [0.1, 0.15) is 36.9 Å². The van der Waals surface area contributed by atoms with Gasteiger partial charge in [0, 0.05) is 37.8 Å². The Morgan fingerprint density at radius 3 is 2.76 bits per heavy atom. The molecule has 1 fully saturated rings. The van der Waals surface area contributed by atoms with Crippen molar-refractivity contribution >= 4 is 11.0 Å². The molecule has 1 aliphatic carbocycles. The number of aromatic nitrogens is 5. The van der Waals surface area contributed by atoms with E-state index in [1.807, 2.05) is 32.4 Å². The Bertz CT molecular complexity index is 882. The number of hydrogen-bond acceptors (Lipinski definition) is 3. The van der Waals surface area contributed by atoms with Crippen molar-refractivity contribution in [1.29, 1.82) is 0 Å². The van der Waals surface area contributed by atoms with Crippen LogP contribution in [0.15, 0.2) is 18.5 Å². The zero-order chi connectivity index (χ0) is 17.6. The highest BCUT2D eigenvalue weighted by atomic mass is 19.3. The van der Waals surface area contributed by atoms with E-state index >= 15 is 0 Å². The third-order valence-electron chi connectivity index (χ3n) is 5.26. The molecule has 1 N–H and O–H groups in total. The van der Waals surface area contributed by atoms with Crippen molar-refractivity contribution in [2.75, 3.05) is 0 Å². The predicted octanol–water partition coefficient (Wildman–Crippen LogP) is 4.03. The van der Waals surface area contributed by atoms with Crippen molar-refractivity contribution in [3.63, 3.8) is 0 Å². The van der Waals surface area contributed by atoms with Crippen LogP contribution in [0, 0.1) is 12.8 Å². The lowest BCUT2D eigenvalue weighted by Gasteiger charge is -2.28. The number of nitrogens with zero attached hydrogens (tertiary/aromatic N) is 4. The van der Waals surface area contributed by atoms with Crippen molar-refractivity contribution < 1.29 is 8.78 Å². The van der Waals surface area contributed by atoms with E-state index in [4.69, 9.17) is 0 Å². The molecule has 0 aliphatic heterocycles. The van der Waals surface area contributed by atoms with Gasteiger partial charge < -0.3 is 4.98 Å². The van der Waals surface area contributed by atoms with Crippen LogP contribution in [-0.4, -0.2) is 30.9 Å². The number of hydrogen-bond donors (Lipinski definition) is 1. The Labute approximate surface area is 144 Å². The molecule has 3 aromatic heterocycles. The lowest BCUT2D eigenvalue weighted by molar-refractivity contribution is -0.0456. The van der Waals surface area contributed by atoms with E-state index in [0.717, 1.165) is 40.0 Å². The third-order valence-corrected chi connectivity index (χ3v) is 5.26. The number of nitrogens with one attached hydrogen (secondary N) is 1. The average molecular weight is 345 g/mol. The number of aromatic amines is 1. The molecule has 132 valence electrons. The van der Waals surface area contributed by atoms with Gasteiger partial charge in [-0.25, -0.2) is 13.5 Å². The highest BCUT2D eigenvalue weighted by Crippen LogP contribution is 2.39. The Balaban J connectivity index is 1.76. The van der Waals surface area contributed by atoms with Gasteiger partial charge in [0.15, 0.2) is 0 Å². The van der Waals surface area contributed by atoms with E-state index in [1.54, 1.807) is 4.68 Å². The highest BCUT2D eigenvalue weighted by molar-refractivity contribution is 5.85. The standard InChI is InChI=1S/C18H21F2N5/c1-11-17(25(2)24-23-11)14-10-22-15-5-8-21-16(15)13(14)9-12-3-6-18(19,20)7-4-12/h5,8,10,12,21H,3-4,6-7,9H2,1-2H3. The SMILES string of the molecule is Cc1nnn(C)c1-c1cnc2cc[nH]c2c1CC1CCC(F)(F)CC1. The molecule has 3 heterocycles. The second kappa shape index (κ2) is 5.89. The molecule has 25 heavy (non-hydrogen) atoms. The maximum atomic E-state index is 13.5. The second-order valence-corrected chi connectivity index (χ2v) is 7.04. The van der Waals surface area contributed by atoms with Crippen LogP contribution < -0.4 is 0 Å². The number of aryl methyl sites for hydroxylation is 2. The normalized spacial score (nSPS) is 18.1. The molecule has 0 radical (unpaired) electrons. The van der Waals surface area contributed by atoms with Crippen LogP contribution in [0.25, 0.3) is 22.3 Å². The fourth-order valence-electron chi connectivity index (χ4n) is 3.90. The molecule has 5 nitrogen and oxygen atoms in total. The zero-order valence-electron chi connectivity index (χ0n) is 14.4. The van der Waals surface area contributed by atoms with Crippen molar-refractivity contribution in [3.05, 3.63) is 29.7 Å². The topological polar surface area (TPSA) is 59.4 Å². The van der Waals surface area contributed by atoms with Gasteiger partial charge in [-0.15, -0.1) is 5.10 Å². The van der Waals surface area contributed by atoms with Gasteiger partial charge in [0.2, 0.25) is 5.92 Å². The molecule has 1 saturated carbocycles. The molecular formula is C18H21F2N5. The van der Waals surface area contributed by atoms with E-state index < -0.39 is 5.92 Å². The van der Waals surface area contributed by atoms with Crippen molar-refractivity contribution in [3.8, 4) is 11.3 Å². The molecule has 1 aliphatic rings. The van der Waals surface area contributed by atoms with Gasteiger partial charge in [0.1, 0.15) is 0 Å². The number of halogens is 2. The Morgan fingerprint density at radius 1 is 1.32 bits per heavy atom. The van der Waals surface area contributed by atoms with Gasteiger partial charge in [-0.1, -0.05) is 5.21 Å². The van der Waals surface area contributed by atoms with Crippen molar-refractivity contribution in [1.82, 2.24) is 25.0 Å². The lowest BCUT2D eigenvalue weighted by Crippen LogP contribution is -2.25.